The quantitative estimate of drug-likeness (QED) is 0.0969. The van der Waals surface area contributed by atoms with Crippen LogP contribution in [0.2, 0.25) is 0 Å². The van der Waals surface area contributed by atoms with Crippen molar-refractivity contribution < 1.29 is 37.9 Å². The summed E-state index contributed by atoms with van der Waals surface area (Å²) in [6, 6.07) is 44.0. The van der Waals surface area contributed by atoms with E-state index in [9.17, 15) is 0 Å². The molecule has 5 aromatic rings. The summed E-state index contributed by atoms with van der Waals surface area (Å²) in [5.41, 5.74) is 4.82. The van der Waals surface area contributed by atoms with Crippen LogP contribution in [-0.4, -0.2) is 52.4 Å². The summed E-state index contributed by atoms with van der Waals surface area (Å²) in [4.78, 5) is 0. The Hall–Kier alpha value is -4.70. The smallest absolute Gasteiger partial charge is 0.132 e. The summed E-state index contributed by atoms with van der Waals surface area (Å²) < 4.78 is 51.6. The Labute approximate surface area is 300 Å². The standard InChI is InChI=1S/C43H46O8/c1-44-35-24-36(45-2)39(37(25-35)46-3)41-43(50-29-34-22-14-7-15-23-34)42(49-28-33-20-12-6-13-21-33)40(48-27-32-18-10-5-11-19-32)38(51-41)30-47-26-31-16-8-4-9-17-31/h4-25,38,40-43H,26-30H2,1-3H3/t38-,40-,41-,42+,43-/m1/s1. The van der Waals surface area contributed by atoms with Crippen molar-refractivity contribution in [1.82, 2.24) is 0 Å². The molecule has 0 aromatic heterocycles. The topological polar surface area (TPSA) is 73.8 Å². The largest absolute Gasteiger partial charge is 0.496 e. The molecule has 0 radical (unpaired) electrons. The van der Waals surface area contributed by atoms with Gasteiger partial charge in [0.15, 0.2) is 0 Å². The van der Waals surface area contributed by atoms with E-state index >= 15 is 0 Å². The summed E-state index contributed by atoms with van der Waals surface area (Å²) in [6.45, 7) is 1.65. The zero-order valence-electron chi connectivity index (χ0n) is 29.4. The van der Waals surface area contributed by atoms with Crippen LogP contribution >= 0.6 is 0 Å². The molecule has 266 valence electrons. The molecule has 1 heterocycles. The first-order valence-corrected chi connectivity index (χ1v) is 17.2. The minimum atomic E-state index is -0.702. The molecule has 0 saturated carbocycles. The zero-order valence-corrected chi connectivity index (χ0v) is 29.4. The maximum Gasteiger partial charge on any atom is 0.132 e. The van der Waals surface area contributed by atoms with Gasteiger partial charge in [-0.3, -0.25) is 0 Å². The lowest BCUT2D eigenvalue weighted by Crippen LogP contribution is -2.58. The minimum Gasteiger partial charge on any atom is -0.496 e. The Balaban J connectivity index is 1.42. The first kappa shape index (κ1) is 36.1. The van der Waals surface area contributed by atoms with E-state index in [1.165, 1.54) is 0 Å². The lowest BCUT2D eigenvalue weighted by Gasteiger charge is -2.46. The molecule has 8 heteroatoms. The summed E-state index contributed by atoms with van der Waals surface area (Å²) in [7, 11) is 4.85. The highest BCUT2D eigenvalue weighted by atomic mass is 16.6. The van der Waals surface area contributed by atoms with Gasteiger partial charge in [-0.2, -0.15) is 0 Å². The van der Waals surface area contributed by atoms with Gasteiger partial charge in [0.25, 0.3) is 0 Å². The average Bonchev–Trinajstić information content (AvgIpc) is 3.19. The number of methoxy groups -OCH3 is 3. The number of hydrogen-bond acceptors (Lipinski definition) is 8. The summed E-state index contributed by atoms with van der Waals surface area (Å²) in [5, 5.41) is 0. The Morgan fingerprint density at radius 2 is 0.882 bits per heavy atom. The first-order chi connectivity index (χ1) is 25.2. The molecule has 1 saturated heterocycles. The molecule has 0 unspecified atom stereocenters. The van der Waals surface area contributed by atoms with E-state index in [4.69, 9.17) is 37.9 Å². The van der Waals surface area contributed by atoms with Gasteiger partial charge in [-0.1, -0.05) is 121 Å². The zero-order chi connectivity index (χ0) is 35.3. The third-order valence-electron chi connectivity index (χ3n) is 8.92. The maximum atomic E-state index is 7.10. The molecule has 0 bridgehead atoms. The van der Waals surface area contributed by atoms with Gasteiger partial charge in [-0.25, -0.2) is 0 Å². The van der Waals surface area contributed by atoms with E-state index in [0.717, 1.165) is 22.3 Å². The predicted molar refractivity (Wildman–Crippen MR) is 195 cm³/mol. The van der Waals surface area contributed by atoms with E-state index in [0.29, 0.717) is 49.2 Å². The Morgan fingerprint density at radius 3 is 1.31 bits per heavy atom. The van der Waals surface area contributed by atoms with Crippen LogP contribution in [0.25, 0.3) is 0 Å². The predicted octanol–water partition coefficient (Wildman–Crippen LogP) is 8.13. The molecular weight excluding hydrogens is 644 g/mol. The molecule has 51 heavy (non-hydrogen) atoms. The second-order valence-corrected chi connectivity index (χ2v) is 12.3. The fourth-order valence-electron chi connectivity index (χ4n) is 6.33. The fourth-order valence-corrected chi connectivity index (χ4v) is 6.33. The van der Waals surface area contributed by atoms with Crippen LogP contribution in [0.5, 0.6) is 17.2 Å². The van der Waals surface area contributed by atoms with Crippen LogP contribution < -0.4 is 14.2 Å². The molecule has 0 N–H and O–H groups in total. The number of benzene rings is 5. The molecule has 1 aliphatic heterocycles. The SMILES string of the molecule is COc1cc(OC)c([C@H]2O[C@H](COCc3ccccc3)[C@@H](OCc3ccccc3)[C@H](OCc3ccccc3)[C@@H]2OCc2ccccc2)c(OC)c1. The molecular formula is C43H46O8. The monoisotopic (exact) mass is 690 g/mol. The van der Waals surface area contributed by atoms with Crippen LogP contribution in [-0.2, 0) is 50.1 Å². The Morgan fingerprint density at radius 1 is 0.471 bits per heavy atom. The molecule has 5 atom stereocenters. The van der Waals surface area contributed by atoms with Gasteiger partial charge in [0.2, 0.25) is 0 Å². The lowest BCUT2D eigenvalue weighted by molar-refractivity contribution is -0.275. The van der Waals surface area contributed by atoms with E-state index in [1.807, 2.05) is 133 Å². The van der Waals surface area contributed by atoms with Crippen molar-refractivity contribution in [3.8, 4) is 17.2 Å². The van der Waals surface area contributed by atoms with Crippen molar-refractivity contribution in [2.24, 2.45) is 0 Å². The van der Waals surface area contributed by atoms with Gasteiger partial charge < -0.3 is 37.9 Å². The molecule has 1 fully saturated rings. The van der Waals surface area contributed by atoms with Gasteiger partial charge in [0.1, 0.15) is 47.8 Å². The van der Waals surface area contributed by atoms with Crippen molar-refractivity contribution in [3.05, 3.63) is 161 Å². The molecule has 1 aliphatic rings. The molecule has 0 spiro atoms. The van der Waals surface area contributed by atoms with Gasteiger partial charge in [0, 0.05) is 12.1 Å². The van der Waals surface area contributed by atoms with Crippen LogP contribution in [0.3, 0.4) is 0 Å². The summed E-state index contributed by atoms with van der Waals surface area (Å²) >= 11 is 0. The highest BCUT2D eigenvalue weighted by molar-refractivity contribution is 5.52. The van der Waals surface area contributed by atoms with Crippen LogP contribution in [0.1, 0.15) is 33.9 Å². The lowest BCUT2D eigenvalue weighted by atomic mass is 9.89. The third-order valence-corrected chi connectivity index (χ3v) is 8.92. The van der Waals surface area contributed by atoms with Gasteiger partial charge >= 0.3 is 0 Å². The average molecular weight is 691 g/mol. The third kappa shape index (κ3) is 9.55. The van der Waals surface area contributed by atoms with Crippen LogP contribution in [0.15, 0.2) is 133 Å². The first-order valence-electron chi connectivity index (χ1n) is 17.2. The fraction of sp³-hybridized carbons (Fsp3) is 0.302. The normalized spacial score (nSPS) is 20.1. The van der Waals surface area contributed by atoms with Crippen molar-refractivity contribution >= 4 is 0 Å². The summed E-state index contributed by atoms with van der Waals surface area (Å²) in [6.07, 6.45) is -3.09. The number of rotatable bonds is 17. The van der Waals surface area contributed by atoms with Crippen LogP contribution in [0.4, 0.5) is 0 Å². The Kier molecular flexibility index (Phi) is 13.1. The highest BCUT2D eigenvalue weighted by Crippen LogP contribution is 2.46. The molecule has 0 aliphatic carbocycles. The maximum absolute atomic E-state index is 7.10. The highest BCUT2D eigenvalue weighted by Gasteiger charge is 2.50. The minimum absolute atomic E-state index is 0.238. The van der Waals surface area contributed by atoms with E-state index in [1.54, 1.807) is 21.3 Å². The van der Waals surface area contributed by atoms with Gasteiger partial charge in [-0.05, 0) is 22.3 Å². The van der Waals surface area contributed by atoms with E-state index in [2.05, 4.69) is 0 Å². The van der Waals surface area contributed by atoms with Crippen molar-refractivity contribution in [1.29, 1.82) is 0 Å². The van der Waals surface area contributed by atoms with Crippen molar-refractivity contribution in [2.45, 2.75) is 56.9 Å². The second-order valence-electron chi connectivity index (χ2n) is 12.3. The molecule has 0 amide bonds. The van der Waals surface area contributed by atoms with Crippen molar-refractivity contribution in [2.75, 3.05) is 27.9 Å². The second kappa shape index (κ2) is 18.5. The molecule has 8 nitrogen and oxygen atoms in total. The Bertz CT molecular complexity index is 1710. The van der Waals surface area contributed by atoms with Crippen LogP contribution in [0, 0.1) is 0 Å². The van der Waals surface area contributed by atoms with Crippen molar-refractivity contribution in [3.63, 3.8) is 0 Å². The van der Waals surface area contributed by atoms with E-state index < -0.39 is 30.5 Å². The van der Waals surface area contributed by atoms with E-state index in [-0.39, 0.29) is 6.61 Å². The number of hydrogen-bond donors (Lipinski definition) is 0. The van der Waals surface area contributed by atoms with Gasteiger partial charge in [-0.15, -0.1) is 0 Å². The molecule has 6 rings (SSSR count). The van der Waals surface area contributed by atoms with Gasteiger partial charge in [0.05, 0.1) is 59.9 Å². The summed E-state index contributed by atoms with van der Waals surface area (Å²) in [5.74, 6) is 1.67. The number of ether oxygens (including phenoxy) is 8. The molecule has 5 aromatic carbocycles.